The lowest BCUT2D eigenvalue weighted by Gasteiger charge is -2.19. The van der Waals surface area contributed by atoms with Crippen LogP contribution in [0.3, 0.4) is 0 Å². The Hall–Kier alpha value is -0.650. The first kappa shape index (κ1) is 11.4. The smallest absolute Gasteiger partial charge is 0.326 e. The molecule has 1 fully saturated rings. The van der Waals surface area contributed by atoms with Crippen molar-refractivity contribution in [3.63, 3.8) is 0 Å². The highest BCUT2D eigenvalue weighted by molar-refractivity contribution is 5.81. The number of carbonyl (C=O) groups is 1. The predicted molar refractivity (Wildman–Crippen MR) is 49.8 cm³/mol. The van der Waals surface area contributed by atoms with Gasteiger partial charge in [-0.05, 0) is 0 Å². The van der Waals surface area contributed by atoms with Gasteiger partial charge in [-0.1, -0.05) is 0 Å². The van der Waals surface area contributed by atoms with E-state index in [9.17, 15) is 4.79 Å². The van der Waals surface area contributed by atoms with Crippen LogP contribution in [0.4, 0.5) is 0 Å². The van der Waals surface area contributed by atoms with Crippen LogP contribution in [0, 0.1) is 0 Å². The zero-order valence-corrected chi connectivity index (χ0v) is 8.78. The minimum atomic E-state index is -0.962. The van der Waals surface area contributed by atoms with Gasteiger partial charge in [0.2, 0.25) is 0 Å². The van der Waals surface area contributed by atoms with Crippen LogP contribution in [0.25, 0.3) is 0 Å². The van der Waals surface area contributed by atoms with E-state index < -0.39 is 11.5 Å². The minimum Gasteiger partial charge on any atom is -0.468 e. The van der Waals surface area contributed by atoms with Gasteiger partial charge in [0.25, 0.3) is 0 Å². The number of esters is 1. The van der Waals surface area contributed by atoms with Crippen molar-refractivity contribution >= 4 is 5.97 Å². The van der Waals surface area contributed by atoms with Crippen molar-refractivity contribution in [1.82, 2.24) is 0 Å². The summed E-state index contributed by atoms with van der Waals surface area (Å²) < 4.78 is 15.0. The third kappa shape index (κ3) is 1.89. The van der Waals surface area contributed by atoms with Crippen molar-refractivity contribution in [2.75, 3.05) is 21.3 Å². The molecule has 14 heavy (non-hydrogen) atoms. The summed E-state index contributed by atoms with van der Waals surface area (Å²) in [4.78, 5) is 11.4. The Balaban J connectivity index is 2.72. The minimum absolute atomic E-state index is 0.135. The van der Waals surface area contributed by atoms with E-state index in [0.29, 0.717) is 12.8 Å². The third-order valence-electron chi connectivity index (χ3n) is 2.74. The molecule has 0 amide bonds. The van der Waals surface area contributed by atoms with Gasteiger partial charge in [-0.25, -0.2) is 0 Å². The molecular formula is C9H17NO4. The summed E-state index contributed by atoms with van der Waals surface area (Å²) in [5.41, 5.74) is 4.95. The zero-order chi connectivity index (χ0) is 10.8. The molecule has 2 N–H and O–H groups in total. The topological polar surface area (TPSA) is 70.8 Å². The Labute approximate surface area is 83.5 Å². The van der Waals surface area contributed by atoms with Crippen molar-refractivity contribution in [2.24, 2.45) is 5.73 Å². The van der Waals surface area contributed by atoms with Crippen molar-refractivity contribution in [3.8, 4) is 0 Å². The van der Waals surface area contributed by atoms with Crippen LogP contribution in [0.15, 0.2) is 0 Å². The average Bonchev–Trinajstić information content (AvgIpc) is 2.55. The average molecular weight is 203 g/mol. The highest BCUT2D eigenvalue weighted by Gasteiger charge is 2.49. The largest absolute Gasteiger partial charge is 0.468 e. The van der Waals surface area contributed by atoms with Gasteiger partial charge in [0.1, 0.15) is 5.54 Å². The van der Waals surface area contributed by atoms with Gasteiger partial charge in [-0.2, -0.15) is 0 Å². The van der Waals surface area contributed by atoms with E-state index in [4.69, 9.17) is 15.2 Å². The van der Waals surface area contributed by atoms with Gasteiger partial charge in [0, 0.05) is 27.1 Å². The highest BCUT2D eigenvalue weighted by atomic mass is 16.5. The fourth-order valence-corrected chi connectivity index (χ4v) is 1.90. The maximum atomic E-state index is 11.4. The van der Waals surface area contributed by atoms with Crippen LogP contribution >= 0.6 is 0 Å². The van der Waals surface area contributed by atoms with E-state index in [1.165, 1.54) is 7.11 Å². The van der Waals surface area contributed by atoms with Crippen LogP contribution in [-0.2, 0) is 19.0 Å². The number of ether oxygens (including phenoxy) is 3. The number of nitrogens with two attached hydrogens (primary N) is 1. The van der Waals surface area contributed by atoms with Gasteiger partial charge < -0.3 is 19.9 Å². The number of hydrogen-bond donors (Lipinski definition) is 1. The molecule has 1 aliphatic rings. The maximum Gasteiger partial charge on any atom is 0.326 e. The van der Waals surface area contributed by atoms with Crippen molar-refractivity contribution < 1.29 is 19.0 Å². The molecule has 5 heteroatoms. The molecule has 5 nitrogen and oxygen atoms in total. The summed E-state index contributed by atoms with van der Waals surface area (Å²) in [6.07, 6.45) is 0.608. The van der Waals surface area contributed by atoms with Gasteiger partial charge in [0.05, 0.1) is 19.3 Å². The molecule has 0 heterocycles. The fraction of sp³-hybridized carbons (Fsp3) is 0.889. The molecule has 1 rings (SSSR count). The van der Waals surface area contributed by atoms with E-state index in [1.807, 2.05) is 0 Å². The number of rotatable bonds is 3. The first-order valence-electron chi connectivity index (χ1n) is 4.50. The molecule has 0 aromatic rings. The van der Waals surface area contributed by atoms with E-state index in [-0.39, 0.29) is 12.2 Å². The van der Waals surface area contributed by atoms with E-state index in [0.717, 1.165) is 0 Å². The Bertz CT molecular complexity index is 207. The number of methoxy groups -OCH3 is 3. The second kappa shape index (κ2) is 4.25. The summed E-state index contributed by atoms with van der Waals surface area (Å²) in [6, 6.07) is 0. The van der Waals surface area contributed by atoms with Crippen molar-refractivity contribution in [2.45, 2.75) is 30.6 Å². The Kier molecular flexibility index (Phi) is 3.47. The molecule has 0 aromatic carbocycles. The molecule has 0 bridgehead atoms. The SMILES string of the molecule is COC(=O)C1(N)C[C@H](OC)[C@H](OC)C1. The monoisotopic (exact) mass is 203 g/mol. The quantitative estimate of drug-likeness (QED) is 0.636. The number of hydrogen-bond acceptors (Lipinski definition) is 5. The summed E-state index contributed by atoms with van der Waals surface area (Å²) in [6.45, 7) is 0. The molecule has 0 radical (unpaired) electrons. The fourth-order valence-electron chi connectivity index (χ4n) is 1.90. The molecule has 0 aromatic heterocycles. The lowest BCUT2D eigenvalue weighted by Crippen LogP contribution is -2.47. The second-order valence-corrected chi connectivity index (χ2v) is 3.60. The summed E-state index contributed by atoms with van der Waals surface area (Å²) >= 11 is 0. The van der Waals surface area contributed by atoms with Gasteiger partial charge in [-0.15, -0.1) is 0 Å². The molecule has 3 atom stereocenters. The highest BCUT2D eigenvalue weighted by Crippen LogP contribution is 2.32. The van der Waals surface area contributed by atoms with Crippen LogP contribution in [0.5, 0.6) is 0 Å². The molecule has 82 valence electrons. The normalized spacial score (nSPS) is 37.1. The molecule has 0 spiro atoms. The van der Waals surface area contributed by atoms with Crippen LogP contribution in [-0.4, -0.2) is 45.0 Å². The number of carbonyl (C=O) groups excluding carboxylic acids is 1. The third-order valence-corrected chi connectivity index (χ3v) is 2.74. The zero-order valence-electron chi connectivity index (χ0n) is 8.78. The summed E-state index contributed by atoms with van der Waals surface area (Å²) in [5, 5.41) is 0. The van der Waals surface area contributed by atoms with Gasteiger partial charge in [-0.3, -0.25) is 4.79 Å². The first-order valence-corrected chi connectivity index (χ1v) is 4.50. The second-order valence-electron chi connectivity index (χ2n) is 3.60. The Morgan fingerprint density at radius 1 is 1.21 bits per heavy atom. The van der Waals surface area contributed by atoms with Crippen molar-refractivity contribution in [3.05, 3.63) is 0 Å². The molecular weight excluding hydrogens is 186 g/mol. The van der Waals surface area contributed by atoms with Crippen LogP contribution in [0.2, 0.25) is 0 Å². The van der Waals surface area contributed by atoms with Crippen molar-refractivity contribution in [1.29, 1.82) is 0 Å². The predicted octanol–water partition coefficient (Wildman–Crippen LogP) is -0.319. The lowest BCUT2D eigenvalue weighted by atomic mass is 9.99. The maximum absolute atomic E-state index is 11.4. The molecule has 1 saturated carbocycles. The summed E-state index contributed by atoms with van der Waals surface area (Å²) in [7, 11) is 4.50. The van der Waals surface area contributed by atoms with Crippen LogP contribution in [0.1, 0.15) is 12.8 Å². The Morgan fingerprint density at radius 3 is 1.93 bits per heavy atom. The molecule has 1 aliphatic carbocycles. The van der Waals surface area contributed by atoms with E-state index in [1.54, 1.807) is 14.2 Å². The summed E-state index contributed by atoms with van der Waals surface area (Å²) in [5.74, 6) is -0.404. The molecule has 0 saturated heterocycles. The van der Waals surface area contributed by atoms with E-state index in [2.05, 4.69) is 4.74 Å². The van der Waals surface area contributed by atoms with Crippen LogP contribution < -0.4 is 5.73 Å². The van der Waals surface area contributed by atoms with Gasteiger partial charge in [0.15, 0.2) is 0 Å². The first-order chi connectivity index (χ1) is 6.57. The molecule has 1 unspecified atom stereocenters. The van der Waals surface area contributed by atoms with E-state index >= 15 is 0 Å². The standard InChI is InChI=1S/C9H17NO4/c1-12-6-4-9(10,8(11)14-3)5-7(6)13-2/h6-7H,4-5,10H2,1-3H3/t6-,7+,9?. The Morgan fingerprint density at radius 2 is 1.64 bits per heavy atom. The van der Waals surface area contributed by atoms with Gasteiger partial charge >= 0.3 is 5.97 Å². The molecule has 0 aliphatic heterocycles. The lowest BCUT2D eigenvalue weighted by molar-refractivity contribution is -0.147.